The van der Waals surface area contributed by atoms with E-state index in [2.05, 4.69) is 15.3 Å². The van der Waals surface area contributed by atoms with E-state index < -0.39 is 10.0 Å². The molecule has 0 radical (unpaired) electrons. The summed E-state index contributed by atoms with van der Waals surface area (Å²) in [5, 5.41) is 3.06. The first-order valence-corrected chi connectivity index (χ1v) is 10.6. The van der Waals surface area contributed by atoms with E-state index in [-0.39, 0.29) is 4.90 Å². The van der Waals surface area contributed by atoms with E-state index in [1.54, 1.807) is 30.7 Å². The van der Waals surface area contributed by atoms with Crippen molar-refractivity contribution in [3.8, 4) is 22.5 Å². The Morgan fingerprint density at radius 1 is 0.966 bits per heavy atom. The average Bonchev–Trinajstić information content (AvgIpc) is 3.20. The van der Waals surface area contributed by atoms with Crippen molar-refractivity contribution in [2.45, 2.75) is 11.4 Å². The number of pyridine rings is 2. The van der Waals surface area contributed by atoms with E-state index in [1.165, 1.54) is 10.2 Å². The second kappa shape index (κ2) is 7.98. The molecule has 29 heavy (non-hydrogen) atoms. The lowest BCUT2D eigenvalue weighted by atomic mass is 10.1. The lowest BCUT2D eigenvalue weighted by Crippen LogP contribution is -2.13. The zero-order chi connectivity index (χ0) is 20.3. The van der Waals surface area contributed by atoms with Crippen molar-refractivity contribution in [1.82, 2.24) is 19.3 Å². The minimum Gasteiger partial charge on any atom is -0.316 e. The summed E-state index contributed by atoms with van der Waals surface area (Å²) in [7, 11) is -1.96. The van der Waals surface area contributed by atoms with Gasteiger partial charge >= 0.3 is 0 Å². The molecule has 0 amide bonds. The van der Waals surface area contributed by atoms with Crippen LogP contribution >= 0.6 is 0 Å². The molecule has 0 spiro atoms. The second-order valence-electron chi connectivity index (χ2n) is 6.55. The van der Waals surface area contributed by atoms with Crippen LogP contribution in [-0.4, -0.2) is 29.4 Å². The smallest absolute Gasteiger partial charge is 0.269 e. The third-order valence-electron chi connectivity index (χ3n) is 4.54. The Morgan fingerprint density at radius 2 is 1.79 bits per heavy atom. The maximum Gasteiger partial charge on any atom is 0.269 e. The van der Waals surface area contributed by atoms with Crippen LogP contribution in [0, 0.1) is 0 Å². The van der Waals surface area contributed by atoms with E-state index in [9.17, 15) is 8.42 Å². The van der Waals surface area contributed by atoms with Crippen molar-refractivity contribution in [3.63, 3.8) is 0 Å². The molecule has 146 valence electrons. The van der Waals surface area contributed by atoms with Gasteiger partial charge in [-0.1, -0.05) is 30.3 Å². The molecule has 0 aliphatic rings. The van der Waals surface area contributed by atoms with Crippen molar-refractivity contribution >= 4 is 10.0 Å². The van der Waals surface area contributed by atoms with Crippen LogP contribution < -0.4 is 5.32 Å². The van der Waals surface area contributed by atoms with E-state index in [0.29, 0.717) is 12.2 Å². The zero-order valence-corrected chi connectivity index (χ0v) is 16.7. The van der Waals surface area contributed by atoms with Crippen LogP contribution in [0.2, 0.25) is 0 Å². The van der Waals surface area contributed by atoms with Gasteiger partial charge in [0.05, 0.1) is 11.4 Å². The molecular weight excluding hydrogens is 384 g/mol. The van der Waals surface area contributed by atoms with E-state index in [1.807, 2.05) is 55.6 Å². The fourth-order valence-corrected chi connectivity index (χ4v) is 4.51. The van der Waals surface area contributed by atoms with Gasteiger partial charge in [-0.25, -0.2) is 12.4 Å². The van der Waals surface area contributed by atoms with E-state index in [0.717, 1.165) is 22.4 Å². The Morgan fingerprint density at radius 3 is 2.45 bits per heavy atom. The molecule has 3 aromatic heterocycles. The van der Waals surface area contributed by atoms with Gasteiger partial charge in [0.25, 0.3) is 10.0 Å². The van der Waals surface area contributed by atoms with Gasteiger partial charge < -0.3 is 5.32 Å². The molecule has 0 saturated heterocycles. The lowest BCUT2D eigenvalue weighted by Gasteiger charge is -2.10. The summed E-state index contributed by atoms with van der Waals surface area (Å²) in [4.78, 5) is 8.63. The van der Waals surface area contributed by atoms with Gasteiger partial charge in [0.15, 0.2) is 0 Å². The SMILES string of the molecule is CNCc1cc(-c2ccc(-c3ccccc3)nc2)n(S(=O)(=O)c2cccnc2)c1. The fraction of sp³-hybridized carbons (Fsp3) is 0.0909. The number of rotatable bonds is 6. The normalized spacial score (nSPS) is 11.5. The number of hydrogen-bond acceptors (Lipinski definition) is 5. The summed E-state index contributed by atoms with van der Waals surface area (Å²) in [5.41, 5.74) is 3.99. The van der Waals surface area contributed by atoms with Crippen LogP contribution in [0.25, 0.3) is 22.5 Å². The topological polar surface area (TPSA) is 76.9 Å². The molecule has 4 rings (SSSR count). The minimum atomic E-state index is -3.78. The van der Waals surface area contributed by atoms with Crippen molar-refractivity contribution in [2.75, 3.05) is 7.05 Å². The molecule has 0 fully saturated rings. The van der Waals surface area contributed by atoms with Crippen LogP contribution in [0.5, 0.6) is 0 Å². The summed E-state index contributed by atoms with van der Waals surface area (Å²) in [6.45, 7) is 0.554. The van der Waals surface area contributed by atoms with Crippen molar-refractivity contribution in [3.05, 3.63) is 91.0 Å². The maximum atomic E-state index is 13.2. The average molecular weight is 404 g/mol. The van der Waals surface area contributed by atoms with Gasteiger partial charge in [0, 0.05) is 42.5 Å². The Labute approximate surface area is 170 Å². The molecule has 6 nitrogen and oxygen atoms in total. The maximum absolute atomic E-state index is 13.2. The van der Waals surface area contributed by atoms with Gasteiger partial charge in [-0.15, -0.1) is 0 Å². The molecule has 0 bridgehead atoms. The summed E-state index contributed by atoms with van der Waals surface area (Å²) < 4.78 is 27.7. The standard InChI is InChI=1S/C22H20N4O2S/c1-23-13-17-12-22(26(16-17)29(27,28)20-8-5-11-24-15-20)19-9-10-21(25-14-19)18-6-3-2-4-7-18/h2-12,14-16,23H,13H2,1H3. The Balaban J connectivity index is 1.80. The highest BCUT2D eigenvalue weighted by Gasteiger charge is 2.22. The van der Waals surface area contributed by atoms with Crippen molar-refractivity contribution < 1.29 is 8.42 Å². The third-order valence-corrected chi connectivity index (χ3v) is 6.20. The first kappa shape index (κ1) is 19.0. The first-order chi connectivity index (χ1) is 14.1. The predicted octanol–water partition coefficient (Wildman–Crippen LogP) is 3.57. The summed E-state index contributed by atoms with van der Waals surface area (Å²) >= 11 is 0. The van der Waals surface area contributed by atoms with E-state index in [4.69, 9.17) is 0 Å². The third kappa shape index (κ3) is 3.83. The quantitative estimate of drug-likeness (QED) is 0.532. The highest BCUT2D eigenvalue weighted by Crippen LogP contribution is 2.28. The van der Waals surface area contributed by atoms with Crippen molar-refractivity contribution in [1.29, 1.82) is 0 Å². The van der Waals surface area contributed by atoms with Gasteiger partial charge in [-0.2, -0.15) is 0 Å². The molecule has 1 aromatic carbocycles. The molecule has 7 heteroatoms. The van der Waals surface area contributed by atoms with Gasteiger partial charge in [-0.3, -0.25) is 9.97 Å². The van der Waals surface area contributed by atoms with Gasteiger partial charge in [0.2, 0.25) is 0 Å². The number of benzene rings is 1. The Hall–Kier alpha value is -3.29. The number of hydrogen-bond donors (Lipinski definition) is 1. The summed E-state index contributed by atoms with van der Waals surface area (Å²) in [6.07, 6.45) is 6.25. The van der Waals surface area contributed by atoms with E-state index >= 15 is 0 Å². The highest BCUT2D eigenvalue weighted by atomic mass is 32.2. The van der Waals surface area contributed by atoms with Crippen molar-refractivity contribution in [2.24, 2.45) is 0 Å². The molecule has 0 saturated carbocycles. The molecule has 4 aromatic rings. The van der Waals surface area contributed by atoms with Crippen LogP contribution in [0.3, 0.4) is 0 Å². The Kier molecular flexibility index (Phi) is 5.24. The summed E-state index contributed by atoms with van der Waals surface area (Å²) in [5.74, 6) is 0. The molecule has 3 heterocycles. The first-order valence-electron chi connectivity index (χ1n) is 9.13. The zero-order valence-electron chi connectivity index (χ0n) is 15.9. The van der Waals surface area contributed by atoms with Crippen LogP contribution in [-0.2, 0) is 16.6 Å². The lowest BCUT2D eigenvalue weighted by molar-refractivity contribution is 0.587. The predicted molar refractivity (Wildman–Crippen MR) is 113 cm³/mol. The second-order valence-corrected chi connectivity index (χ2v) is 8.37. The fourth-order valence-electron chi connectivity index (χ4n) is 3.15. The number of nitrogens with one attached hydrogen (secondary N) is 1. The Bertz CT molecular complexity index is 1200. The number of nitrogens with zero attached hydrogens (tertiary/aromatic N) is 3. The highest BCUT2D eigenvalue weighted by molar-refractivity contribution is 7.90. The van der Waals surface area contributed by atoms with Crippen LogP contribution in [0.15, 0.2) is 90.3 Å². The summed E-state index contributed by atoms with van der Waals surface area (Å²) in [6, 6.07) is 18.7. The monoisotopic (exact) mass is 404 g/mol. The van der Waals surface area contributed by atoms with Gasteiger partial charge in [0.1, 0.15) is 4.90 Å². The minimum absolute atomic E-state index is 0.140. The van der Waals surface area contributed by atoms with Gasteiger partial charge in [-0.05, 0) is 42.9 Å². The largest absolute Gasteiger partial charge is 0.316 e. The molecular formula is C22H20N4O2S. The molecule has 0 aliphatic carbocycles. The molecule has 0 atom stereocenters. The number of aromatic nitrogens is 3. The molecule has 1 N–H and O–H groups in total. The van der Waals surface area contributed by atoms with Crippen LogP contribution in [0.1, 0.15) is 5.56 Å². The molecule has 0 aliphatic heterocycles. The van der Waals surface area contributed by atoms with Crippen LogP contribution in [0.4, 0.5) is 0 Å². The molecule has 0 unspecified atom stereocenters.